The lowest BCUT2D eigenvalue weighted by atomic mass is 9.63. The minimum Gasteiger partial charge on any atom is -0.206 e. The van der Waals surface area contributed by atoms with Crippen molar-refractivity contribution in [3.8, 4) is 11.1 Å². The lowest BCUT2D eigenvalue weighted by Crippen LogP contribution is -2.30. The van der Waals surface area contributed by atoms with E-state index in [4.69, 9.17) is 0 Å². The molecule has 0 aliphatic heterocycles. The second-order valence-corrected chi connectivity index (χ2v) is 9.43. The van der Waals surface area contributed by atoms with Crippen LogP contribution in [-0.2, 0) is 6.18 Å². The highest BCUT2D eigenvalue weighted by atomic mass is 19.4. The third-order valence-corrected chi connectivity index (χ3v) is 7.46. The Labute approximate surface area is 180 Å². The van der Waals surface area contributed by atoms with Crippen LogP contribution in [0.3, 0.4) is 0 Å². The lowest BCUT2D eigenvalue weighted by Gasteiger charge is -2.42. The van der Waals surface area contributed by atoms with Crippen LogP contribution in [-0.4, -0.2) is 0 Å². The third-order valence-electron chi connectivity index (χ3n) is 7.46. The van der Waals surface area contributed by atoms with Gasteiger partial charge < -0.3 is 0 Å². The van der Waals surface area contributed by atoms with Gasteiger partial charge in [0.1, 0.15) is 17.2 Å². The van der Waals surface area contributed by atoms with E-state index in [1.54, 1.807) is 12.1 Å². The molecular formula is C26H29F5. The van der Waals surface area contributed by atoms with Crippen molar-refractivity contribution >= 4 is 0 Å². The molecule has 0 saturated heterocycles. The van der Waals surface area contributed by atoms with E-state index >= 15 is 0 Å². The molecule has 0 nitrogen and oxygen atoms in total. The SMILES string of the molecule is CCCC1CC[C@@H]2C[C@H](c3ccc(-c4cc(F)c(C(F)(F)F)c(F)c4)cc3)CC[C@@H]2C1. The zero-order chi connectivity index (χ0) is 22.2. The van der Waals surface area contributed by atoms with Gasteiger partial charge in [-0.1, -0.05) is 50.5 Å². The Kier molecular flexibility index (Phi) is 6.41. The van der Waals surface area contributed by atoms with Gasteiger partial charge in [0.15, 0.2) is 0 Å². The minimum atomic E-state index is -5.05. The van der Waals surface area contributed by atoms with Crippen LogP contribution in [0.4, 0.5) is 22.0 Å². The van der Waals surface area contributed by atoms with Crippen molar-refractivity contribution in [1.29, 1.82) is 0 Å². The van der Waals surface area contributed by atoms with Gasteiger partial charge in [0.2, 0.25) is 0 Å². The second-order valence-electron chi connectivity index (χ2n) is 9.43. The number of alkyl halides is 3. The van der Waals surface area contributed by atoms with Crippen LogP contribution in [0.15, 0.2) is 36.4 Å². The molecule has 2 aliphatic rings. The fourth-order valence-corrected chi connectivity index (χ4v) is 5.92. The molecule has 0 amide bonds. The Bertz CT molecular complexity index is 876. The summed E-state index contributed by atoms with van der Waals surface area (Å²) in [6, 6.07) is 9.00. The average molecular weight is 437 g/mol. The molecule has 2 aliphatic carbocycles. The first-order valence-electron chi connectivity index (χ1n) is 11.4. The summed E-state index contributed by atoms with van der Waals surface area (Å²) in [6.45, 7) is 2.26. The molecule has 1 unspecified atom stereocenters. The molecular weight excluding hydrogens is 407 g/mol. The number of benzene rings is 2. The van der Waals surface area contributed by atoms with E-state index in [-0.39, 0.29) is 5.56 Å². The highest BCUT2D eigenvalue weighted by molar-refractivity contribution is 5.64. The van der Waals surface area contributed by atoms with Gasteiger partial charge in [-0.2, -0.15) is 13.2 Å². The van der Waals surface area contributed by atoms with E-state index in [9.17, 15) is 22.0 Å². The first kappa shape index (κ1) is 22.3. The van der Waals surface area contributed by atoms with Gasteiger partial charge >= 0.3 is 6.18 Å². The first-order chi connectivity index (χ1) is 14.8. The topological polar surface area (TPSA) is 0 Å². The van der Waals surface area contributed by atoms with Crippen molar-refractivity contribution in [2.24, 2.45) is 17.8 Å². The molecule has 0 heterocycles. The summed E-state index contributed by atoms with van der Waals surface area (Å²) in [7, 11) is 0. The second kappa shape index (κ2) is 8.91. The van der Waals surface area contributed by atoms with Crippen LogP contribution in [0, 0.1) is 29.4 Å². The Balaban J connectivity index is 1.46. The molecule has 31 heavy (non-hydrogen) atoms. The summed E-state index contributed by atoms with van der Waals surface area (Å²) in [5.41, 5.74) is 0.0144. The number of halogens is 5. The molecule has 0 aromatic heterocycles. The maximum atomic E-state index is 13.9. The molecule has 4 atom stereocenters. The van der Waals surface area contributed by atoms with Crippen LogP contribution in [0.2, 0.25) is 0 Å². The Morgan fingerprint density at radius 2 is 1.42 bits per heavy atom. The minimum absolute atomic E-state index is 0.118. The summed E-state index contributed by atoms with van der Waals surface area (Å²) in [6.07, 6.45) is 5.19. The smallest absolute Gasteiger partial charge is 0.206 e. The van der Waals surface area contributed by atoms with Gasteiger partial charge in [-0.05, 0) is 84.6 Å². The summed E-state index contributed by atoms with van der Waals surface area (Å²) in [5, 5.41) is 0. The zero-order valence-electron chi connectivity index (χ0n) is 17.8. The molecule has 2 aromatic rings. The van der Waals surface area contributed by atoms with E-state index in [0.29, 0.717) is 11.5 Å². The van der Waals surface area contributed by atoms with Gasteiger partial charge in [0, 0.05) is 0 Å². The number of hydrogen-bond donors (Lipinski definition) is 0. The largest absolute Gasteiger partial charge is 0.422 e. The van der Waals surface area contributed by atoms with Crippen LogP contribution >= 0.6 is 0 Å². The van der Waals surface area contributed by atoms with E-state index in [1.807, 2.05) is 12.1 Å². The fraction of sp³-hybridized carbons (Fsp3) is 0.538. The van der Waals surface area contributed by atoms with Gasteiger partial charge in [0.25, 0.3) is 0 Å². The summed E-state index contributed by atoms with van der Waals surface area (Å²) in [4.78, 5) is 0. The van der Waals surface area contributed by atoms with Crippen molar-refractivity contribution in [1.82, 2.24) is 0 Å². The van der Waals surface area contributed by atoms with E-state index in [0.717, 1.165) is 36.3 Å². The number of rotatable bonds is 4. The van der Waals surface area contributed by atoms with Crippen LogP contribution < -0.4 is 0 Å². The summed E-state index contributed by atoms with van der Waals surface area (Å²) >= 11 is 0. The van der Waals surface area contributed by atoms with E-state index in [1.165, 1.54) is 50.5 Å². The van der Waals surface area contributed by atoms with Gasteiger partial charge in [0.05, 0.1) is 0 Å². The first-order valence-corrected chi connectivity index (χ1v) is 11.4. The van der Waals surface area contributed by atoms with Gasteiger partial charge in [-0.25, -0.2) is 8.78 Å². The molecule has 168 valence electrons. The Morgan fingerprint density at radius 3 is 2.03 bits per heavy atom. The monoisotopic (exact) mass is 436 g/mol. The van der Waals surface area contributed by atoms with Crippen molar-refractivity contribution in [3.63, 3.8) is 0 Å². The molecule has 2 aromatic carbocycles. The molecule has 0 N–H and O–H groups in total. The quantitative estimate of drug-likeness (QED) is 0.420. The number of hydrogen-bond acceptors (Lipinski definition) is 0. The van der Waals surface area contributed by atoms with Gasteiger partial charge in [-0.3, -0.25) is 0 Å². The van der Waals surface area contributed by atoms with Crippen LogP contribution in [0.5, 0.6) is 0 Å². The van der Waals surface area contributed by atoms with Crippen LogP contribution in [0.1, 0.15) is 75.3 Å². The lowest BCUT2D eigenvalue weighted by molar-refractivity contribution is -0.142. The molecule has 2 fully saturated rings. The molecule has 4 rings (SSSR count). The normalized spacial score (nSPS) is 26.5. The maximum absolute atomic E-state index is 13.9. The molecule has 0 bridgehead atoms. The Hall–Kier alpha value is -1.91. The predicted octanol–water partition coefficient (Wildman–Crippen LogP) is 8.75. The van der Waals surface area contributed by atoms with Gasteiger partial charge in [-0.15, -0.1) is 0 Å². The standard InChI is InChI=1S/C26H29F5/c1-2-3-16-4-5-21-13-20(11-10-19(21)12-16)17-6-8-18(9-7-17)22-14-23(27)25(24(28)15-22)26(29,30)31/h6-9,14-16,19-21H,2-5,10-13H2,1H3/t16?,19-,20-,21-/m1/s1. The fourth-order valence-electron chi connectivity index (χ4n) is 5.92. The maximum Gasteiger partial charge on any atom is 0.422 e. The molecule has 0 radical (unpaired) electrons. The zero-order valence-corrected chi connectivity index (χ0v) is 17.8. The Morgan fingerprint density at radius 1 is 0.806 bits per heavy atom. The van der Waals surface area contributed by atoms with E-state index < -0.39 is 23.4 Å². The molecule has 0 spiro atoms. The van der Waals surface area contributed by atoms with Crippen molar-refractivity contribution < 1.29 is 22.0 Å². The number of fused-ring (bicyclic) bond motifs is 1. The summed E-state index contributed by atoms with van der Waals surface area (Å²) in [5.74, 6) is -0.151. The molecule has 2 saturated carbocycles. The average Bonchev–Trinajstić information content (AvgIpc) is 2.72. The predicted molar refractivity (Wildman–Crippen MR) is 113 cm³/mol. The highest BCUT2D eigenvalue weighted by Crippen LogP contribution is 2.48. The van der Waals surface area contributed by atoms with Crippen molar-refractivity contribution in [3.05, 3.63) is 59.2 Å². The highest BCUT2D eigenvalue weighted by Gasteiger charge is 2.38. The van der Waals surface area contributed by atoms with Crippen molar-refractivity contribution in [2.45, 2.75) is 70.4 Å². The van der Waals surface area contributed by atoms with Crippen LogP contribution in [0.25, 0.3) is 11.1 Å². The van der Waals surface area contributed by atoms with E-state index in [2.05, 4.69) is 6.92 Å². The molecule has 5 heteroatoms. The van der Waals surface area contributed by atoms with Crippen molar-refractivity contribution in [2.75, 3.05) is 0 Å². The third kappa shape index (κ3) is 4.80. The summed E-state index contributed by atoms with van der Waals surface area (Å²) < 4.78 is 66.3.